The third-order valence-electron chi connectivity index (χ3n) is 2.41. The molecule has 19 heavy (non-hydrogen) atoms. The van der Waals surface area contributed by atoms with Gasteiger partial charge in [-0.25, -0.2) is 13.1 Å². The fraction of sp³-hybridized carbons (Fsp3) is 0.500. The van der Waals surface area contributed by atoms with Crippen LogP contribution in [0.4, 0.5) is 0 Å². The number of hydrogen-bond donors (Lipinski definition) is 4. The molecule has 0 saturated heterocycles. The molecule has 108 valence electrons. The van der Waals surface area contributed by atoms with E-state index in [1.807, 2.05) is 0 Å². The minimum atomic E-state index is -3.26. The van der Waals surface area contributed by atoms with Gasteiger partial charge in [-0.1, -0.05) is 6.07 Å². The molecule has 0 atom stereocenters. The van der Waals surface area contributed by atoms with Crippen molar-refractivity contribution in [3.8, 4) is 11.5 Å². The van der Waals surface area contributed by atoms with Crippen molar-refractivity contribution in [1.82, 2.24) is 10.0 Å². The summed E-state index contributed by atoms with van der Waals surface area (Å²) in [5.74, 6) is 0.00158. The number of sulfonamides is 1. The lowest BCUT2D eigenvalue weighted by molar-refractivity contribution is 0.412. The minimum Gasteiger partial charge on any atom is -0.508 e. The Kier molecular flexibility index (Phi) is 4.78. The van der Waals surface area contributed by atoms with Crippen molar-refractivity contribution in [3.05, 3.63) is 23.8 Å². The molecule has 0 unspecified atom stereocenters. The zero-order valence-corrected chi connectivity index (χ0v) is 12.1. The van der Waals surface area contributed by atoms with Crippen molar-refractivity contribution in [2.75, 3.05) is 12.8 Å². The van der Waals surface area contributed by atoms with Gasteiger partial charge >= 0.3 is 0 Å². The minimum absolute atomic E-state index is 0.000299. The largest absolute Gasteiger partial charge is 0.508 e. The van der Waals surface area contributed by atoms with Crippen LogP contribution >= 0.6 is 0 Å². The van der Waals surface area contributed by atoms with Crippen LogP contribution < -0.4 is 10.0 Å². The first-order chi connectivity index (χ1) is 8.59. The second kappa shape index (κ2) is 5.77. The molecule has 0 aromatic heterocycles. The third-order valence-corrected chi connectivity index (χ3v) is 3.34. The van der Waals surface area contributed by atoms with Gasteiger partial charge in [-0.05, 0) is 19.9 Å². The number of aromatic hydroxyl groups is 2. The average molecular weight is 288 g/mol. The van der Waals surface area contributed by atoms with Crippen LogP contribution in [0.3, 0.4) is 0 Å². The van der Waals surface area contributed by atoms with Gasteiger partial charge in [0.05, 0.1) is 6.26 Å². The van der Waals surface area contributed by atoms with Gasteiger partial charge in [-0.15, -0.1) is 0 Å². The molecule has 0 aliphatic carbocycles. The van der Waals surface area contributed by atoms with Crippen molar-refractivity contribution in [3.63, 3.8) is 0 Å². The van der Waals surface area contributed by atoms with Crippen molar-refractivity contribution in [1.29, 1.82) is 0 Å². The van der Waals surface area contributed by atoms with Crippen LogP contribution in [-0.4, -0.2) is 37.0 Å². The van der Waals surface area contributed by atoms with E-state index in [0.29, 0.717) is 18.7 Å². The van der Waals surface area contributed by atoms with E-state index in [2.05, 4.69) is 10.0 Å². The van der Waals surface area contributed by atoms with Crippen molar-refractivity contribution in [2.24, 2.45) is 0 Å². The molecule has 1 aromatic rings. The number of hydrogen-bond acceptors (Lipinski definition) is 5. The van der Waals surface area contributed by atoms with E-state index in [4.69, 9.17) is 5.11 Å². The summed E-state index contributed by atoms with van der Waals surface area (Å²) < 4.78 is 24.8. The van der Waals surface area contributed by atoms with E-state index in [0.717, 1.165) is 6.26 Å². The highest BCUT2D eigenvalue weighted by atomic mass is 32.2. The summed E-state index contributed by atoms with van der Waals surface area (Å²) in [5.41, 5.74) is 0.00749. The number of rotatable bonds is 6. The standard InChI is InChI=1S/C12H20N2O4S/c1-12(2,14-19(3,17)18)8-13-7-9-4-5-10(15)6-11(9)16/h4-6,13-16H,7-8H2,1-3H3. The molecule has 0 aliphatic heterocycles. The molecule has 6 nitrogen and oxygen atoms in total. The van der Waals surface area contributed by atoms with E-state index in [9.17, 15) is 13.5 Å². The summed E-state index contributed by atoms with van der Waals surface area (Å²) in [4.78, 5) is 0. The fourth-order valence-corrected chi connectivity index (χ4v) is 2.83. The van der Waals surface area contributed by atoms with Gasteiger partial charge in [0.15, 0.2) is 0 Å². The van der Waals surface area contributed by atoms with Gasteiger partial charge in [-0.2, -0.15) is 0 Å². The molecule has 4 N–H and O–H groups in total. The third kappa shape index (κ3) is 5.91. The fourth-order valence-electron chi connectivity index (χ4n) is 1.75. The van der Waals surface area contributed by atoms with Gasteiger partial charge in [0.1, 0.15) is 11.5 Å². The van der Waals surface area contributed by atoms with Crippen LogP contribution in [-0.2, 0) is 16.6 Å². The maximum atomic E-state index is 11.2. The smallest absolute Gasteiger partial charge is 0.209 e. The van der Waals surface area contributed by atoms with Crippen molar-refractivity contribution < 1.29 is 18.6 Å². The molecule has 0 fully saturated rings. The zero-order chi connectivity index (χ0) is 14.7. The predicted octanol–water partition coefficient (Wildman–Crippen LogP) is 0.515. The number of benzene rings is 1. The first-order valence-electron chi connectivity index (χ1n) is 5.80. The molecule has 0 aliphatic rings. The van der Waals surface area contributed by atoms with E-state index in [1.54, 1.807) is 19.9 Å². The molecule has 0 saturated carbocycles. The van der Waals surface area contributed by atoms with Crippen molar-refractivity contribution in [2.45, 2.75) is 25.9 Å². The SMILES string of the molecule is CC(C)(CNCc1ccc(O)cc1O)NS(C)(=O)=O. The Morgan fingerprint density at radius 3 is 2.42 bits per heavy atom. The molecular formula is C12H20N2O4S. The summed E-state index contributed by atoms with van der Waals surface area (Å²) >= 11 is 0. The lowest BCUT2D eigenvalue weighted by Gasteiger charge is -2.25. The van der Waals surface area contributed by atoms with E-state index < -0.39 is 15.6 Å². The molecule has 0 amide bonds. The Balaban J connectivity index is 2.54. The summed E-state index contributed by atoms with van der Waals surface area (Å²) in [6, 6.07) is 4.35. The van der Waals surface area contributed by atoms with Gasteiger partial charge in [0, 0.05) is 30.3 Å². The molecule has 0 bridgehead atoms. The highest BCUT2D eigenvalue weighted by Crippen LogP contribution is 2.22. The molecule has 1 aromatic carbocycles. The molecule has 7 heteroatoms. The van der Waals surface area contributed by atoms with E-state index in [-0.39, 0.29) is 11.5 Å². The van der Waals surface area contributed by atoms with Crippen molar-refractivity contribution >= 4 is 10.0 Å². The first kappa shape index (κ1) is 15.7. The van der Waals surface area contributed by atoms with Gasteiger partial charge in [0.25, 0.3) is 0 Å². The Bertz CT molecular complexity index is 541. The van der Waals surface area contributed by atoms with Crippen LogP contribution in [0, 0.1) is 0 Å². The van der Waals surface area contributed by atoms with E-state index in [1.165, 1.54) is 12.1 Å². The molecule has 0 radical (unpaired) electrons. The monoisotopic (exact) mass is 288 g/mol. The predicted molar refractivity (Wildman–Crippen MR) is 73.5 cm³/mol. The Labute approximate surface area is 113 Å². The number of phenolic OH excluding ortho intramolecular Hbond substituents is 2. The average Bonchev–Trinajstić information content (AvgIpc) is 2.17. The van der Waals surface area contributed by atoms with Crippen LogP contribution in [0.2, 0.25) is 0 Å². The second-order valence-electron chi connectivity index (χ2n) is 5.17. The molecule has 0 spiro atoms. The van der Waals surface area contributed by atoms with E-state index >= 15 is 0 Å². The Hall–Kier alpha value is -1.31. The van der Waals surface area contributed by atoms with Gasteiger partial charge < -0.3 is 15.5 Å². The van der Waals surface area contributed by atoms with Gasteiger partial charge in [0.2, 0.25) is 10.0 Å². The second-order valence-corrected chi connectivity index (χ2v) is 6.92. The topological polar surface area (TPSA) is 98.7 Å². The quantitative estimate of drug-likeness (QED) is 0.611. The summed E-state index contributed by atoms with van der Waals surface area (Å²) in [6.45, 7) is 4.30. The van der Waals surface area contributed by atoms with Gasteiger partial charge in [-0.3, -0.25) is 0 Å². The number of nitrogens with one attached hydrogen (secondary N) is 2. The number of phenols is 2. The van der Waals surface area contributed by atoms with Crippen LogP contribution in [0.1, 0.15) is 19.4 Å². The maximum absolute atomic E-state index is 11.2. The first-order valence-corrected chi connectivity index (χ1v) is 7.69. The van der Waals surface area contributed by atoms with Crippen LogP contribution in [0.15, 0.2) is 18.2 Å². The Morgan fingerprint density at radius 1 is 1.26 bits per heavy atom. The highest BCUT2D eigenvalue weighted by molar-refractivity contribution is 7.88. The Morgan fingerprint density at radius 2 is 1.89 bits per heavy atom. The highest BCUT2D eigenvalue weighted by Gasteiger charge is 2.21. The maximum Gasteiger partial charge on any atom is 0.209 e. The summed E-state index contributed by atoms with van der Waals surface area (Å²) in [5, 5.41) is 21.8. The zero-order valence-electron chi connectivity index (χ0n) is 11.3. The van der Waals surface area contributed by atoms with Crippen LogP contribution in [0.25, 0.3) is 0 Å². The summed E-state index contributed by atoms with van der Waals surface area (Å²) in [6.07, 6.45) is 1.11. The lowest BCUT2D eigenvalue weighted by atomic mass is 10.1. The lowest BCUT2D eigenvalue weighted by Crippen LogP contribution is -2.49. The summed E-state index contributed by atoms with van der Waals surface area (Å²) in [7, 11) is -3.26. The molecule has 0 heterocycles. The molecule has 1 rings (SSSR count). The van der Waals surface area contributed by atoms with Crippen LogP contribution in [0.5, 0.6) is 11.5 Å². The normalized spacial score (nSPS) is 12.6. The molecular weight excluding hydrogens is 268 g/mol.